The summed E-state index contributed by atoms with van der Waals surface area (Å²) in [4.78, 5) is 14.7. The second kappa shape index (κ2) is 7.83. The molecule has 27 heavy (non-hydrogen) atoms. The van der Waals surface area contributed by atoms with Crippen LogP contribution in [0.2, 0.25) is 0 Å². The van der Waals surface area contributed by atoms with E-state index in [4.69, 9.17) is 0 Å². The van der Waals surface area contributed by atoms with E-state index in [1.807, 2.05) is 6.07 Å². The zero-order valence-electron chi connectivity index (χ0n) is 15.4. The van der Waals surface area contributed by atoms with Crippen molar-refractivity contribution in [3.05, 3.63) is 29.6 Å². The largest absolute Gasteiger partial charge is 0.369 e. The number of hydrogen-bond acceptors (Lipinski definition) is 5. The Bertz CT molecular complexity index is 742. The summed E-state index contributed by atoms with van der Waals surface area (Å²) in [6.07, 6.45) is 3.41. The van der Waals surface area contributed by atoms with Crippen LogP contribution in [0.5, 0.6) is 0 Å². The van der Waals surface area contributed by atoms with Crippen LogP contribution >= 0.6 is 0 Å². The number of hydrogen-bond donors (Lipinski definition) is 3. The van der Waals surface area contributed by atoms with E-state index in [1.165, 1.54) is 6.07 Å². The Kier molecular flexibility index (Phi) is 5.28. The van der Waals surface area contributed by atoms with Crippen LogP contribution in [0.25, 0.3) is 0 Å². The molecule has 1 aromatic rings. The van der Waals surface area contributed by atoms with Gasteiger partial charge in [0.25, 0.3) is 0 Å². The van der Waals surface area contributed by atoms with Gasteiger partial charge in [-0.3, -0.25) is 4.79 Å². The first-order valence-electron chi connectivity index (χ1n) is 9.84. The highest BCUT2D eigenvalue weighted by Gasteiger charge is 2.43. The molecule has 0 spiro atoms. The van der Waals surface area contributed by atoms with Crippen LogP contribution in [0.3, 0.4) is 0 Å². The topological polar surface area (TPSA) is 80.2 Å². The molecular formula is C20H26FN5O. The third kappa shape index (κ3) is 3.92. The number of carbonyl (C=O) groups excluding carboxylic acids is 1. The van der Waals surface area contributed by atoms with E-state index in [-0.39, 0.29) is 24.2 Å². The number of anilines is 1. The minimum atomic E-state index is -0.724. The molecule has 3 N–H and O–H groups in total. The van der Waals surface area contributed by atoms with E-state index in [2.05, 4.69) is 26.9 Å². The molecule has 144 valence electrons. The molecule has 3 unspecified atom stereocenters. The minimum Gasteiger partial charge on any atom is -0.369 e. The van der Waals surface area contributed by atoms with Crippen LogP contribution in [0, 0.1) is 23.1 Å². The quantitative estimate of drug-likeness (QED) is 0.718. The van der Waals surface area contributed by atoms with Gasteiger partial charge in [-0.2, -0.15) is 5.26 Å². The van der Waals surface area contributed by atoms with Crippen molar-refractivity contribution in [1.29, 1.82) is 5.26 Å². The standard InChI is InChI=1S/C20H26FN5O/c21-18-11-17(26-7-5-23-6-8-26)4-2-13(18)9-16(12-22)25-20(27)19-14-1-3-15(10-14)24-19/h2,4,11,14-16,19,23-24H,1,3,5-10H2,(H,25,27)/t14?,15?,16-,19?/m0/s1. The Morgan fingerprint density at radius 1 is 1.37 bits per heavy atom. The first kappa shape index (κ1) is 18.2. The van der Waals surface area contributed by atoms with E-state index >= 15 is 0 Å². The smallest absolute Gasteiger partial charge is 0.238 e. The number of amides is 1. The number of nitrogens with zero attached hydrogens (tertiary/aromatic N) is 2. The number of rotatable bonds is 5. The van der Waals surface area contributed by atoms with Gasteiger partial charge in [-0.1, -0.05) is 6.07 Å². The van der Waals surface area contributed by atoms with E-state index in [0.717, 1.165) is 51.1 Å². The van der Waals surface area contributed by atoms with E-state index in [9.17, 15) is 14.4 Å². The van der Waals surface area contributed by atoms with E-state index in [0.29, 0.717) is 17.5 Å². The van der Waals surface area contributed by atoms with Gasteiger partial charge in [0.15, 0.2) is 0 Å². The first-order chi connectivity index (χ1) is 13.1. The number of piperazine rings is 1. The van der Waals surface area contributed by atoms with Crippen LogP contribution in [0.15, 0.2) is 18.2 Å². The zero-order valence-corrected chi connectivity index (χ0v) is 15.4. The van der Waals surface area contributed by atoms with Crippen molar-refractivity contribution < 1.29 is 9.18 Å². The fraction of sp³-hybridized carbons (Fsp3) is 0.600. The molecule has 6 nitrogen and oxygen atoms in total. The second-order valence-corrected chi connectivity index (χ2v) is 7.82. The SMILES string of the molecule is N#C[C@H](Cc1ccc(N2CCNCC2)cc1F)NC(=O)C1NC2CCC1C2. The summed E-state index contributed by atoms with van der Waals surface area (Å²) in [5.41, 5.74) is 1.32. The number of carbonyl (C=O) groups is 1. The summed E-state index contributed by atoms with van der Waals surface area (Å²) in [7, 11) is 0. The molecule has 3 aliphatic rings. The van der Waals surface area contributed by atoms with Crippen molar-refractivity contribution in [3.63, 3.8) is 0 Å². The highest BCUT2D eigenvalue weighted by atomic mass is 19.1. The third-order valence-electron chi connectivity index (χ3n) is 6.06. The van der Waals surface area contributed by atoms with Gasteiger partial charge in [-0.25, -0.2) is 4.39 Å². The third-order valence-corrected chi connectivity index (χ3v) is 6.06. The molecule has 2 saturated heterocycles. The van der Waals surface area contributed by atoms with Crippen molar-refractivity contribution in [1.82, 2.24) is 16.0 Å². The maximum atomic E-state index is 14.6. The van der Waals surface area contributed by atoms with Crippen molar-refractivity contribution in [2.75, 3.05) is 31.1 Å². The first-order valence-corrected chi connectivity index (χ1v) is 9.84. The summed E-state index contributed by atoms with van der Waals surface area (Å²) < 4.78 is 14.6. The molecule has 3 fully saturated rings. The second-order valence-electron chi connectivity index (χ2n) is 7.82. The molecule has 4 rings (SSSR count). The number of nitrogens with one attached hydrogen (secondary N) is 3. The fourth-order valence-corrected chi connectivity index (χ4v) is 4.58. The lowest BCUT2D eigenvalue weighted by molar-refractivity contribution is -0.124. The lowest BCUT2D eigenvalue weighted by atomic mass is 9.98. The predicted molar refractivity (Wildman–Crippen MR) is 101 cm³/mol. The number of nitriles is 1. The van der Waals surface area contributed by atoms with Crippen LogP contribution in [0.1, 0.15) is 24.8 Å². The summed E-state index contributed by atoms with van der Waals surface area (Å²) in [5, 5.41) is 18.8. The van der Waals surface area contributed by atoms with Gasteiger partial charge >= 0.3 is 0 Å². The lowest BCUT2D eigenvalue weighted by Crippen LogP contribution is -2.50. The summed E-state index contributed by atoms with van der Waals surface area (Å²) in [5.74, 6) is -0.0884. The molecule has 1 saturated carbocycles. The number of benzene rings is 1. The monoisotopic (exact) mass is 371 g/mol. The Balaban J connectivity index is 1.38. The average Bonchev–Trinajstić information content (AvgIpc) is 3.33. The van der Waals surface area contributed by atoms with E-state index < -0.39 is 6.04 Å². The van der Waals surface area contributed by atoms with Crippen molar-refractivity contribution in [2.45, 2.75) is 43.8 Å². The normalized spacial score (nSPS) is 28.0. The van der Waals surface area contributed by atoms with Gasteiger partial charge in [0.2, 0.25) is 5.91 Å². The maximum absolute atomic E-state index is 14.6. The summed E-state index contributed by atoms with van der Waals surface area (Å²) >= 11 is 0. The zero-order chi connectivity index (χ0) is 18.8. The molecule has 2 heterocycles. The predicted octanol–water partition coefficient (Wildman–Crippen LogP) is 0.927. The minimum absolute atomic E-state index is 0.133. The average molecular weight is 371 g/mol. The molecular weight excluding hydrogens is 345 g/mol. The van der Waals surface area contributed by atoms with Gasteiger partial charge in [0, 0.05) is 44.3 Å². The van der Waals surface area contributed by atoms with Crippen LogP contribution in [-0.4, -0.2) is 50.2 Å². The lowest BCUT2D eigenvalue weighted by Gasteiger charge is -2.29. The molecule has 7 heteroatoms. The van der Waals surface area contributed by atoms with Gasteiger partial charge in [-0.05, 0) is 42.9 Å². The number of piperidine rings is 1. The molecule has 2 aliphatic heterocycles. The van der Waals surface area contributed by atoms with Gasteiger partial charge in [-0.15, -0.1) is 0 Å². The van der Waals surface area contributed by atoms with Crippen LogP contribution in [-0.2, 0) is 11.2 Å². The molecule has 4 atom stereocenters. The molecule has 2 bridgehead atoms. The number of halogens is 1. The highest BCUT2D eigenvalue weighted by Crippen LogP contribution is 2.35. The van der Waals surface area contributed by atoms with Crippen LogP contribution < -0.4 is 20.9 Å². The van der Waals surface area contributed by atoms with Gasteiger partial charge < -0.3 is 20.9 Å². The molecule has 1 aliphatic carbocycles. The van der Waals surface area contributed by atoms with E-state index in [1.54, 1.807) is 6.07 Å². The summed E-state index contributed by atoms with van der Waals surface area (Å²) in [6, 6.07) is 6.78. The van der Waals surface area contributed by atoms with Crippen molar-refractivity contribution >= 4 is 11.6 Å². The van der Waals surface area contributed by atoms with Crippen LogP contribution in [0.4, 0.5) is 10.1 Å². The Morgan fingerprint density at radius 2 is 2.19 bits per heavy atom. The van der Waals surface area contributed by atoms with Crippen molar-refractivity contribution in [2.24, 2.45) is 5.92 Å². The molecule has 1 aromatic carbocycles. The maximum Gasteiger partial charge on any atom is 0.238 e. The fourth-order valence-electron chi connectivity index (χ4n) is 4.58. The Hall–Kier alpha value is -2.17. The Morgan fingerprint density at radius 3 is 2.81 bits per heavy atom. The van der Waals surface area contributed by atoms with Gasteiger partial charge in [0.05, 0.1) is 12.1 Å². The molecule has 0 aromatic heterocycles. The number of fused-ring (bicyclic) bond motifs is 2. The Labute approximate surface area is 159 Å². The van der Waals surface area contributed by atoms with Gasteiger partial charge in [0.1, 0.15) is 11.9 Å². The summed E-state index contributed by atoms with van der Waals surface area (Å²) in [6.45, 7) is 3.49. The molecule has 0 radical (unpaired) electrons. The van der Waals surface area contributed by atoms with Crippen molar-refractivity contribution in [3.8, 4) is 6.07 Å². The molecule has 1 amide bonds. The highest BCUT2D eigenvalue weighted by molar-refractivity contribution is 5.83.